The van der Waals surface area contributed by atoms with Crippen LogP contribution < -0.4 is 14.8 Å². The van der Waals surface area contributed by atoms with Crippen LogP contribution in [-0.2, 0) is 6.54 Å². The van der Waals surface area contributed by atoms with Crippen molar-refractivity contribution in [2.45, 2.75) is 39.7 Å². The van der Waals surface area contributed by atoms with E-state index in [0.717, 1.165) is 74.3 Å². The van der Waals surface area contributed by atoms with E-state index in [1.54, 1.807) is 0 Å². The van der Waals surface area contributed by atoms with Crippen LogP contribution in [0.4, 0.5) is 5.69 Å². The maximum atomic E-state index is 6.77. The molecule has 2 aromatic rings. The number of aryl methyl sites for hydroxylation is 1. The van der Waals surface area contributed by atoms with E-state index >= 15 is 0 Å². The van der Waals surface area contributed by atoms with Gasteiger partial charge in [0.15, 0.2) is 17.3 Å². The van der Waals surface area contributed by atoms with Crippen molar-refractivity contribution in [1.82, 2.24) is 9.47 Å². The van der Waals surface area contributed by atoms with E-state index in [9.17, 15) is 0 Å². The van der Waals surface area contributed by atoms with Crippen LogP contribution in [-0.4, -0.2) is 54.4 Å². The number of anilines is 1. The first-order valence-electron chi connectivity index (χ1n) is 12.3. The molecule has 3 aliphatic heterocycles. The molecule has 0 bridgehead atoms. The standard InChI is InChI=1S/C27H32ClN5O2/c1-3-20-5-7-23(28)27(31-26(20)30-22-6-8-24-25(15-22)35-14-13-34-24)33-16-19(2)21(18-33)17-32-11-4-9-29-10-12-32/h6-8,10,15-16,18,30H,3-5,9,11-14,17H2,1-2H3. The number of nitrogens with zero attached hydrogens (tertiary/aromatic N) is 4. The highest BCUT2D eigenvalue weighted by molar-refractivity contribution is 6.43. The SMILES string of the molecule is CCC1=C(Nc2ccc3c(c2)OCCO3)N=C(n2cc(C)c(CN3CC=NCCC3)c2)C(Cl)=CC1. The van der Waals surface area contributed by atoms with Gasteiger partial charge in [-0.25, -0.2) is 4.99 Å². The number of nitrogens with one attached hydrogen (secondary N) is 1. The Morgan fingerprint density at radius 1 is 1.14 bits per heavy atom. The number of halogens is 1. The molecule has 184 valence electrons. The number of aromatic nitrogens is 1. The van der Waals surface area contributed by atoms with Crippen molar-refractivity contribution in [2.75, 3.05) is 38.2 Å². The molecule has 0 saturated carbocycles. The first-order valence-corrected chi connectivity index (χ1v) is 12.7. The van der Waals surface area contributed by atoms with Gasteiger partial charge in [-0.15, -0.1) is 0 Å². The quantitative estimate of drug-likeness (QED) is 0.609. The number of ether oxygens (including phenoxy) is 2. The molecule has 35 heavy (non-hydrogen) atoms. The maximum Gasteiger partial charge on any atom is 0.163 e. The normalized spacial score (nSPS) is 18.6. The summed E-state index contributed by atoms with van der Waals surface area (Å²) in [6.07, 6.45) is 11.1. The minimum Gasteiger partial charge on any atom is -0.486 e. The lowest BCUT2D eigenvalue weighted by atomic mass is 10.1. The van der Waals surface area contributed by atoms with Gasteiger partial charge in [-0.2, -0.15) is 0 Å². The summed E-state index contributed by atoms with van der Waals surface area (Å²) in [5.41, 5.74) is 4.60. The number of allylic oxidation sites excluding steroid dienone is 3. The van der Waals surface area contributed by atoms with Crippen LogP contribution in [0.1, 0.15) is 37.3 Å². The number of hydrogen-bond acceptors (Lipinski definition) is 6. The summed E-state index contributed by atoms with van der Waals surface area (Å²) >= 11 is 6.77. The number of fused-ring (bicyclic) bond motifs is 1. The van der Waals surface area contributed by atoms with Crippen LogP contribution in [0.15, 0.2) is 63.1 Å². The Bertz CT molecular complexity index is 1210. The summed E-state index contributed by atoms with van der Waals surface area (Å²) in [4.78, 5) is 11.9. The molecule has 1 N–H and O–H groups in total. The first-order chi connectivity index (χ1) is 17.1. The Hall–Kier alpha value is -3.03. The molecule has 7 nitrogen and oxygen atoms in total. The fraction of sp³-hybridized carbons (Fsp3) is 0.407. The van der Waals surface area contributed by atoms with Gasteiger partial charge in [-0.1, -0.05) is 24.6 Å². The molecule has 4 heterocycles. The van der Waals surface area contributed by atoms with Crippen molar-refractivity contribution < 1.29 is 9.47 Å². The van der Waals surface area contributed by atoms with Gasteiger partial charge in [0.25, 0.3) is 0 Å². The van der Waals surface area contributed by atoms with Gasteiger partial charge < -0.3 is 19.4 Å². The zero-order valence-electron chi connectivity index (χ0n) is 20.4. The van der Waals surface area contributed by atoms with Crippen molar-refractivity contribution in [3.8, 4) is 11.5 Å². The van der Waals surface area contributed by atoms with Crippen molar-refractivity contribution in [3.05, 3.63) is 64.2 Å². The summed E-state index contributed by atoms with van der Waals surface area (Å²) in [5, 5.41) is 4.17. The molecule has 0 spiro atoms. The average molecular weight is 494 g/mol. The van der Waals surface area contributed by atoms with Gasteiger partial charge >= 0.3 is 0 Å². The van der Waals surface area contributed by atoms with E-state index in [2.05, 4.69) is 52.1 Å². The van der Waals surface area contributed by atoms with E-state index in [0.29, 0.717) is 18.2 Å². The highest BCUT2D eigenvalue weighted by Gasteiger charge is 2.19. The van der Waals surface area contributed by atoms with Gasteiger partial charge in [-0.3, -0.25) is 9.89 Å². The minimum absolute atomic E-state index is 0.556. The number of hydrogen-bond donors (Lipinski definition) is 1. The molecule has 1 aromatic carbocycles. The molecule has 0 saturated heterocycles. The molecule has 0 aliphatic carbocycles. The lowest BCUT2D eigenvalue weighted by Crippen LogP contribution is -2.25. The summed E-state index contributed by atoms with van der Waals surface area (Å²) in [6.45, 7) is 9.17. The van der Waals surface area contributed by atoms with Gasteiger partial charge in [0.1, 0.15) is 19.0 Å². The van der Waals surface area contributed by atoms with Gasteiger partial charge in [0.05, 0.1) is 5.03 Å². The fourth-order valence-electron chi connectivity index (χ4n) is 4.52. The summed E-state index contributed by atoms with van der Waals surface area (Å²) in [7, 11) is 0. The molecular formula is C27H32ClN5O2. The summed E-state index contributed by atoms with van der Waals surface area (Å²) in [6, 6.07) is 5.89. The van der Waals surface area contributed by atoms with E-state index in [-0.39, 0.29) is 0 Å². The number of rotatable bonds is 5. The molecule has 5 rings (SSSR count). The number of aliphatic imine (C=N–C) groups is 2. The van der Waals surface area contributed by atoms with Crippen LogP contribution >= 0.6 is 11.6 Å². The molecule has 3 aliphatic rings. The molecule has 0 atom stereocenters. The first kappa shape index (κ1) is 23.7. The van der Waals surface area contributed by atoms with E-state index in [4.69, 9.17) is 26.1 Å². The molecule has 0 unspecified atom stereocenters. The van der Waals surface area contributed by atoms with Gasteiger partial charge in [-0.05, 0) is 55.0 Å². The Balaban J connectivity index is 1.43. The van der Waals surface area contributed by atoms with Gasteiger partial charge in [0, 0.05) is 56.5 Å². The van der Waals surface area contributed by atoms with E-state index in [1.165, 1.54) is 16.7 Å². The lowest BCUT2D eigenvalue weighted by Gasteiger charge is -2.20. The average Bonchev–Trinajstić information content (AvgIpc) is 3.02. The third-order valence-electron chi connectivity index (χ3n) is 6.53. The zero-order chi connectivity index (χ0) is 24.2. The predicted octanol–water partition coefficient (Wildman–Crippen LogP) is 5.35. The third kappa shape index (κ3) is 5.46. The van der Waals surface area contributed by atoms with Crippen LogP contribution in [0, 0.1) is 6.92 Å². The molecule has 1 aromatic heterocycles. The Kier molecular flexibility index (Phi) is 7.25. The topological polar surface area (TPSA) is 63.4 Å². The molecule has 0 fully saturated rings. The fourth-order valence-corrected chi connectivity index (χ4v) is 4.74. The van der Waals surface area contributed by atoms with Gasteiger partial charge in [0.2, 0.25) is 0 Å². The summed E-state index contributed by atoms with van der Waals surface area (Å²) in [5.74, 6) is 3.06. The second kappa shape index (κ2) is 10.7. The largest absolute Gasteiger partial charge is 0.486 e. The smallest absolute Gasteiger partial charge is 0.163 e. The zero-order valence-corrected chi connectivity index (χ0v) is 21.1. The third-order valence-corrected chi connectivity index (χ3v) is 6.85. The van der Waals surface area contributed by atoms with Crippen molar-refractivity contribution in [1.29, 1.82) is 0 Å². The molecule has 0 radical (unpaired) electrons. The monoisotopic (exact) mass is 493 g/mol. The van der Waals surface area contributed by atoms with Crippen molar-refractivity contribution in [3.63, 3.8) is 0 Å². The lowest BCUT2D eigenvalue weighted by molar-refractivity contribution is 0.171. The van der Waals surface area contributed by atoms with E-state index < -0.39 is 0 Å². The maximum absolute atomic E-state index is 6.77. The Labute approximate surface area is 211 Å². The van der Waals surface area contributed by atoms with Crippen molar-refractivity contribution >= 4 is 29.3 Å². The van der Waals surface area contributed by atoms with Crippen LogP contribution in [0.25, 0.3) is 0 Å². The Morgan fingerprint density at radius 2 is 2.00 bits per heavy atom. The van der Waals surface area contributed by atoms with Crippen molar-refractivity contribution in [2.24, 2.45) is 9.98 Å². The summed E-state index contributed by atoms with van der Waals surface area (Å²) < 4.78 is 13.5. The molecule has 8 heteroatoms. The van der Waals surface area contributed by atoms with Crippen LogP contribution in [0.3, 0.4) is 0 Å². The Morgan fingerprint density at radius 3 is 2.86 bits per heavy atom. The molecular weight excluding hydrogens is 462 g/mol. The van der Waals surface area contributed by atoms with E-state index in [1.807, 2.05) is 24.4 Å². The molecule has 0 amide bonds. The minimum atomic E-state index is 0.556. The number of benzene rings is 1. The second-order valence-electron chi connectivity index (χ2n) is 9.03. The van der Waals surface area contributed by atoms with Crippen LogP contribution in [0.2, 0.25) is 0 Å². The second-order valence-corrected chi connectivity index (χ2v) is 9.44. The highest BCUT2D eigenvalue weighted by Crippen LogP contribution is 2.34. The van der Waals surface area contributed by atoms with Crippen LogP contribution in [0.5, 0.6) is 11.5 Å². The predicted molar refractivity (Wildman–Crippen MR) is 142 cm³/mol. The highest BCUT2D eigenvalue weighted by atomic mass is 35.5.